The largest absolute Gasteiger partial charge is 0.349 e. The molecule has 100 valence electrons. The van der Waals surface area contributed by atoms with Gasteiger partial charge in [0.15, 0.2) is 0 Å². The van der Waals surface area contributed by atoms with Crippen molar-refractivity contribution in [2.24, 2.45) is 17.6 Å². The lowest BCUT2D eigenvalue weighted by atomic mass is 9.95. The summed E-state index contributed by atoms with van der Waals surface area (Å²) >= 11 is 0. The van der Waals surface area contributed by atoms with Crippen molar-refractivity contribution in [1.82, 2.24) is 5.32 Å². The first-order valence-corrected chi connectivity index (χ1v) is 6.59. The molecule has 1 aromatic rings. The Bertz CT molecular complexity index is 362. The van der Waals surface area contributed by atoms with Gasteiger partial charge in [-0.25, -0.2) is 0 Å². The molecule has 3 heteroatoms. The average molecular weight is 248 g/mol. The highest BCUT2D eigenvalue weighted by molar-refractivity contribution is 5.76. The Labute approximate surface area is 110 Å². The van der Waals surface area contributed by atoms with Crippen LogP contribution in [0.4, 0.5) is 0 Å². The van der Waals surface area contributed by atoms with Crippen LogP contribution < -0.4 is 11.1 Å². The number of hydrogen-bond acceptors (Lipinski definition) is 2. The van der Waals surface area contributed by atoms with E-state index in [9.17, 15) is 4.79 Å². The molecule has 3 N–H and O–H groups in total. The van der Waals surface area contributed by atoms with Gasteiger partial charge in [0.05, 0.1) is 6.04 Å². The Kier molecular flexibility index (Phi) is 5.86. The van der Waals surface area contributed by atoms with E-state index in [4.69, 9.17) is 5.73 Å². The lowest BCUT2D eigenvalue weighted by Gasteiger charge is -2.23. The monoisotopic (exact) mass is 248 g/mol. The number of hydrogen-bond donors (Lipinski definition) is 2. The van der Waals surface area contributed by atoms with E-state index in [1.165, 1.54) is 0 Å². The zero-order valence-electron chi connectivity index (χ0n) is 11.5. The van der Waals surface area contributed by atoms with Gasteiger partial charge in [0.2, 0.25) is 5.91 Å². The fourth-order valence-electron chi connectivity index (χ4n) is 1.93. The second-order valence-electron chi connectivity index (χ2n) is 5.24. The topological polar surface area (TPSA) is 55.1 Å². The zero-order valence-corrected chi connectivity index (χ0v) is 11.5. The maximum Gasteiger partial charge on any atom is 0.220 e. The van der Waals surface area contributed by atoms with Gasteiger partial charge < -0.3 is 11.1 Å². The van der Waals surface area contributed by atoms with Crippen LogP contribution in [-0.4, -0.2) is 12.5 Å². The standard InChI is InChI=1S/C15H24N2O/c1-11(2)15(13-7-5-4-6-8-13)17-14(18)9-12(3)10-16/h4-8,11-12,15H,9-10,16H2,1-3H3,(H,17,18). The highest BCUT2D eigenvalue weighted by atomic mass is 16.1. The average Bonchev–Trinajstić information content (AvgIpc) is 2.36. The normalized spacial score (nSPS) is 14.3. The minimum atomic E-state index is 0.0728. The van der Waals surface area contributed by atoms with Crippen LogP contribution in [0.5, 0.6) is 0 Å². The fraction of sp³-hybridized carbons (Fsp3) is 0.533. The Balaban J connectivity index is 2.67. The van der Waals surface area contributed by atoms with Crippen molar-refractivity contribution in [1.29, 1.82) is 0 Å². The quantitative estimate of drug-likeness (QED) is 0.812. The van der Waals surface area contributed by atoms with Crippen molar-refractivity contribution in [3.63, 3.8) is 0 Å². The van der Waals surface area contributed by atoms with Crippen molar-refractivity contribution < 1.29 is 4.79 Å². The van der Waals surface area contributed by atoms with Crippen LogP contribution in [0.1, 0.15) is 38.8 Å². The number of carbonyl (C=O) groups excluding carboxylic acids is 1. The predicted molar refractivity (Wildman–Crippen MR) is 75.0 cm³/mol. The van der Waals surface area contributed by atoms with E-state index in [1.807, 2.05) is 25.1 Å². The molecule has 0 bridgehead atoms. The van der Waals surface area contributed by atoms with Crippen LogP contribution in [0.25, 0.3) is 0 Å². The maximum absolute atomic E-state index is 11.9. The van der Waals surface area contributed by atoms with E-state index in [0.717, 1.165) is 5.56 Å². The van der Waals surface area contributed by atoms with Gasteiger partial charge in [0, 0.05) is 6.42 Å². The molecular weight excluding hydrogens is 224 g/mol. The number of nitrogens with one attached hydrogen (secondary N) is 1. The van der Waals surface area contributed by atoms with Crippen LogP contribution in [0.2, 0.25) is 0 Å². The predicted octanol–water partition coefficient (Wildman–Crippen LogP) is 2.48. The lowest BCUT2D eigenvalue weighted by Crippen LogP contribution is -2.33. The molecule has 0 spiro atoms. The van der Waals surface area contributed by atoms with Crippen molar-refractivity contribution in [2.45, 2.75) is 33.2 Å². The molecule has 1 aromatic carbocycles. The Morgan fingerprint density at radius 2 is 1.83 bits per heavy atom. The molecule has 2 unspecified atom stereocenters. The smallest absolute Gasteiger partial charge is 0.220 e. The molecule has 0 saturated heterocycles. The summed E-state index contributed by atoms with van der Waals surface area (Å²) in [5, 5.41) is 3.10. The van der Waals surface area contributed by atoms with Crippen molar-refractivity contribution in [3.05, 3.63) is 35.9 Å². The lowest BCUT2D eigenvalue weighted by molar-refractivity contribution is -0.122. The second-order valence-corrected chi connectivity index (χ2v) is 5.24. The molecule has 1 amide bonds. The Morgan fingerprint density at radius 3 is 2.33 bits per heavy atom. The first-order chi connectivity index (χ1) is 8.54. The summed E-state index contributed by atoms with van der Waals surface area (Å²) in [6, 6.07) is 10.2. The molecule has 1 rings (SSSR count). The maximum atomic E-state index is 11.9. The fourth-order valence-corrected chi connectivity index (χ4v) is 1.93. The van der Waals surface area contributed by atoms with Crippen LogP contribution in [-0.2, 0) is 4.79 Å². The number of benzene rings is 1. The molecule has 0 saturated carbocycles. The summed E-state index contributed by atoms with van der Waals surface area (Å²) in [4.78, 5) is 11.9. The van der Waals surface area contributed by atoms with Crippen molar-refractivity contribution in [2.75, 3.05) is 6.54 Å². The first kappa shape index (κ1) is 14.7. The van der Waals surface area contributed by atoms with Gasteiger partial charge in [0.25, 0.3) is 0 Å². The van der Waals surface area contributed by atoms with Gasteiger partial charge in [-0.1, -0.05) is 51.1 Å². The second kappa shape index (κ2) is 7.17. The molecule has 0 aromatic heterocycles. The number of amides is 1. The molecule has 0 radical (unpaired) electrons. The van der Waals surface area contributed by atoms with Gasteiger partial charge in [0.1, 0.15) is 0 Å². The summed E-state index contributed by atoms with van der Waals surface area (Å²) in [7, 11) is 0. The molecule has 0 aliphatic heterocycles. The van der Waals surface area contributed by atoms with Gasteiger partial charge >= 0.3 is 0 Å². The van der Waals surface area contributed by atoms with E-state index in [-0.39, 0.29) is 17.9 Å². The highest BCUT2D eigenvalue weighted by Crippen LogP contribution is 2.21. The minimum absolute atomic E-state index is 0.0728. The summed E-state index contributed by atoms with van der Waals surface area (Å²) in [5.74, 6) is 0.675. The minimum Gasteiger partial charge on any atom is -0.349 e. The third-order valence-corrected chi connectivity index (χ3v) is 3.08. The van der Waals surface area contributed by atoms with E-state index in [2.05, 4.69) is 31.3 Å². The molecule has 18 heavy (non-hydrogen) atoms. The van der Waals surface area contributed by atoms with E-state index >= 15 is 0 Å². The van der Waals surface area contributed by atoms with E-state index in [0.29, 0.717) is 18.9 Å². The summed E-state index contributed by atoms with van der Waals surface area (Å²) < 4.78 is 0. The summed E-state index contributed by atoms with van der Waals surface area (Å²) in [6.45, 7) is 6.77. The van der Waals surface area contributed by atoms with Crippen LogP contribution in [0.3, 0.4) is 0 Å². The third-order valence-electron chi connectivity index (χ3n) is 3.08. The highest BCUT2D eigenvalue weighted by Gasteiger charge is 2.18. The Morgan fingerprint density at radius 1 is 1.22 bits per heavy atom. The summed E-state index contributed by atoms with van der Waals surface area (Å²) in [5.41, 5.74) is 6.70. The number of nitrogens with two attached hydrogens (primary N) is 1. The first-order valence-electron chi connectivity index (χ1n) is 6.59. The number of rotatable bonds is 6. The van der Waals surface area contributed by atoms with Crippen LogP contribution >= 0.6 is 0 Å². The van der Waals surface area contributed by atoms with Gasteiger partial charge in [-0.15, -0.1) is 0 Å². The number of carbonyl (C=O) groups is 1. The third kappa shape index (κ3) is 4.49. The molecular formula is C15H24N2O. The van der Waals surface area contributed by atoms with Crippen molar-refractivity contribution in [3.8, 4) is 0 Å². The molecule has 0 aliphatic carbocycles. The van der Waals surface area contributed by atoms with Crippen LogP contribution in [0.15, 0.2) is 30.3 Å². The molecule has 0 fully saturated rings. The molecule has 0 aliphatic rings. The molecule has 2 atom stereocenters. The van der Waals surface area contributed by atoms with Crippen molar-refractivity contribution >= 4 is 5.91 Å². The van der Waals surface area contributed by atoms with Gasteiger partial charge in [-0.2, -0.15) is 0 Å². The van der Waals surface area contributed by atoms with Gasteiger partial charge in [-0.05, 0) is 23.9 Å². The van der Waals surface area contributed by atoms with E-state index in [1.54, 1.807) is 0 Å². The zero-order chi connectivity index (χ0) is 13.5. The Hall–Kier alpha value is -1.35. The van der Waals surface area contributed by atoms with E-state index < -0.39 is 0 Å². The molecule has 3 nitrogen and oxygen atoms in total. The van der Waals surface area contributed by atoms with Gasteiger partial charge in [-0.3, -0.25) is 4.79 Å². The summed E-state index contributed by atoms with van der Waals surface area (Å²) in [6.07, 6.45) is 0.493. The molecule has 0 heterocycles. The van der Waals surface area contributed by atoms with Crippen LogP contribution in [0, 0.1) is 11.8 Å². The SMILES string of the molecule is CC(CN)CC(=O)NC(c1ccccc1)C(C)C.